The van der Waals surface area contributed by atoms with E-state index in [-0.39, 0.29) is 23.9 Å². The van der Waals surface area contributed by atoms with Gasteiger partial charge in [-0.15, -0.1) is 0 Å². The molecule has 84 valence electrons. The van der Waals surface area contributed by atoms with Crippen LogP contribution in [0.5, 0.6) is 0 Å². The molecule has 1 aliphatic heterocycles. The lowest BCUT2D eigenvalue weighted by Crippen LogP contribution is -2.50. The highest BCUT2D eigenvalue weighted by atomic mass is 19.1. The molecule has 0 radical (unpaired) electrons. The van der Waals surface area contributed by atoms with Gasteiger partial charge in [-0.05, 0) is 37.5 Å². The number of carbonyl (C=O) groups is 1. The van der Waals surface area contributed by atoms with Crippen molar-refractivity contribution in [3.8, 4) is 0 Å². The predicted molar refractivity (Wildman–Crippen MR) is 54.1 cm³/mol. The van der Waals surface area contributed by atoms with Gasteiger partial charge in [-0.2, -0.15) is 0 Å². The highest BCUT2D eigenvalue weighted by Crippen LogP contribution is 2.37. The van der Waals surface area contributed by atoms with Crippen molar-refractivity contribution in [3.05, 3.63) is 0 Å². The van der Waals surface area contributed by atoms with Gasteiger partial charge in [-0.3, -0.25) is 10.1 Å². The van der Waals surface area contributed by atoms with Gasteiger partial charge in [0.1, 0.15) is 6.17 Å². The molecular formula is C11H17FN2O. The van der Waals surface area contributed by atoms with Gasteiger partial charge in [0.2, 0.25) is 5.91 Å². The molecule has 2 aliphatic carbocycles. The second-order valence-electron chi connectivity index (χ2n) is 5.19. The van der Waals surface area contributed by atoms with Gasteiger partial charge in [-0.25, -0.2) is 4.39 Å². The largest absolute Gasteiger partial charge is 0.354 e. The first-order chi connectivity index (χ1) is 7.24. The average Bonchev–Trinajstić information content (AvgIpc) is 2.86. The number of alkyl halides is 1. The van der Waals surface area contributed by atoms with Crippen molar-refractivity contribution in [2.45, 2.75) is 43.9 Å². The van der Waals surface area contributed by atoms with Crippen LogP contribution in [0.4, 0.5) is 4.39 Å². The van der Waals surface area contributed by atoms with Crippen LogP contribution < -0.4 is 10.6 Å². The Morgan fingerprint density at radius 3 is 2.73 bits per heavy atom. The van der Waals surface area contributed by atoms with Crippen molar-refractivity contribution in [3.63, 3.8) is 0 Å². The molecule has 2 N–H and O–H groups in total. The molecule has 4 atom stereocenters. The Morgan fingerprint density at radius 2 is 2.20 bits per heavy atom. The summed E-state index contributed by atoms with van der Waals surface area (Å²) in [7, 11) is 0. The van der Waals surface area contributed by atoms with E-state index in [1.807, 2.05) is 0 Å². The Hall–Kier alpha value is -0.640. The van der Waals surface area contributed by atoms with Crippen LogP contribution in [0.3, 0.4) is 0 Å². The zero-order valence-electron chi connectivity index (χ0n) is 8.71. The zero-order valence-corrected chi connectivity index (χ0v) is 8.71. The number of hydrogen-bond acceptors (Lipinski definition) is 2. The third-order valence-corrected chi connectivity index (χ3v) is 3.93. The number of piperidine rings is 1. The minimum Gasteiger partial charge on any atom is -0.354 e. The minimum absolute atomic E-state index is 0.0633. The van der Waals surface area contributed by atoms with Crippen LogP contribution in [0.2, 0.25) is 0 Å². The number of halogens is 1. The highest BCUT2D eigenvalue weighted by Gasteiger charge is 2.48. The van der Waals surface area contributed by atoms with Crippen molar-refractivity contribution in [1.82, 2.24) is 10.6 Å². The Balaban J connectivity index is 1.52. The molecule has 4 heteroatoms. The van der Waals surface area contributed by atoms with Gasteiger partial charge >= 0.3 is 0 Å². The number of rotatable bonds is 3. The number of nitrogens with one attached hydrogen (secondary N) is 2. The second-order valence-corrected chi connectivity index (χ2v) is 5.19. The first kappa shape index (κ1) is 9.58. The third-order valence-electron chi connectivity index (χ3n) is 3.93. The molecule has 1 saturated heterocycles. The predicted octanol–water partition coefficient (Wildman–Crippen LogP) is 0.601. The number of fused-ring (bicyclic) bond motifs is 2. The normalized spacial score (nSPS) is 43.3. The fourth-order valence-electron chi connectivity index (χ4n) is 2.80. The highest BCUT2D eigenvalue weighted by molar-refractivity contribution is 5.82. The molecule has 0 spiro atoms. The molecule has 0 aromatic rings. The van der Waals surface area contributed by atoms with Crippen LogP contribution in [-0.2, 0) is 4.79 Å². The Kier molecular flexibility index (Phi) is 2.20. The maximum absolute atomic E-state index is 13.2. The lowest BCUT2D eigenvalue weighted by Gasteiger charge is -2.24. The standard InChI is InChI=1S/C11H17FN2O/c12-8-3-7-4-9(8)14-10(7)11(15)13-5-6-1-2-6/h6-10,14H,1-5H2,(H,13,15)/t7-,8+,9+,10+/m1/s1. The molecule has 3 fully saturated rings. The maximum atomic E-state index is 13.2. The van der Waals surface area contributed by atoms with Gasteiger partial charge in [0.05, 0.1) is 6.04 Å². The molecule has 1 amide bonds. The fourth-order valence-corrected chi connectivity index (χ4v) is 2.80. The van der Waals surface area contributed by atoms with Gasteiger partial charge in [0.25, 0.3) is 0 Å². The number of amides is 1. The van der Waals surface area contributed by atoms with Gasteiger partial charge in [-0.1, -0.05) is 0 Å². The molecule has 0 unspecified atom stereocenters. The first-order valence-electron chi connectivity index (χ1n) is 5.92. The molecule has 2 bridgehead atoms. The van der Waals surface area contributed by atoms with Crippen molar-refractivity contribution in [1.29, 1.82) is 0 Å². The van der Waals surface area contributed by atoms with Gasteiger partial charge < -0.3 is 5.32 Å². The summed E-state index contributed by atoms with van der Waals surface area (Å²) in [4.78, 5) is 11.8. The molecule has 3 aliphatic rings. The van der Waals surface area contributed by atoms with Crippen LogP contribution in [0.1, 0.15) is 25.7 Å². The molecule has 1 heterocycles. The van der Waals surface area contributed by atoms with E-state index in [9.17, 15) is 9.18 Å². The lowest BCUT2D eigenvalue weighted by atomic mass is 9.99. The van der Waals surface area contributed by atoms with Gasteiger partial charge in [0, 0.05) is 12.6 Å². The summed E-state index contributed by atoms with van der Waals surface area (Å²) in [6.07, 6.45) is 3.16. The maximum Gasteiger partial charge on any atom is 0.237 e. The van der Waals surface area contributed by atoms with Crippen molar-refractivity contribution < 1.29 is 9.18 Å². The molecule has 3 rings (SSSR count). The van der Waals surface area contributed by atoms with Crippen LogP contribution >= 0.6 is 0 Å². The van der Waals surface area contributed by atoms with Crippen LogP contribution in [0.25, 0.3) is 0 Å². The molecule has 0 aromatic heterocycles. The van der Waals surface area contributed by atoms with Crippen LogP contribution in [-0.4, -0.2) is 30.7 Å². The summed E-state index contributed by atoms with van der Waals surface area (Å²) < 4.78 is 13.2. The third kappa shape index (κ3) is 1.75. The summed E-state index contributed by atoms with van der Waals surface area (Å²) in [6, 6.07) is -0.188. The summed E-state index contributed by atoms with van der Waals surface area (Å²) in [5.41, 5.74) is 0. The van der Waals surface area contributed by atoms with E-state index in [1.54, 1.807) is 0 Å². The van der Waals surface area contributed by atoms with Crippen LogP contribution in [0, 0.1) is 11.8 Å². The SMILES string of the molecule is O=C(NCC1CC1)[C@H]1N[C@H]2C[C@H]1C[C@@H]2F. The van der Waals surface area contributed by atoms with Gasteiger partial charge in [0.15, 0.2) is 0 Å². The summed E-state index contributed by atoms with van der Waals surface area (Å²) in [5, 5.41) is 6.06. The van der Waals surface area contributed by atoms with E-state index < -0.39 is 6.17 Å². The summed E-state index contributed by atoms with van der Waals surface area (Å²) in [6.45, 7) is 0.813. The fraction of sp³-hybridized carbons (Fsp3) is 0.909. The Bertz CT molecular complexity index is 278. The van der Waals surface area contributed by atoms with Crippen molar-refractivity contribution in [2.75, 3.05) is 6.54 Å². The Morgan fingerprint density at radius 1 is 1.40 bits per heavy atom. The summed E-state index contributed by atoms with van der Waals surface area (Å²) >= 11 is 0. The number of hydrogen-bond donors (Lipinski definition) is 2. The molecular weight excluding hydrogens is 195 g/mol. The van der Waals surface area contributed by atoms with E-state index in [2.05, 4.69) is 10.6 Å². The minimum atomic E-state index is -0.734. The summed E-state index contributed by atoms with van der Waals surface area (Å²) in [5.74, 6) is 1.02. The van der Waals surface area contributed by atoms with E-state index in [4.69, 9.17) is 0 Å². The second kappa shape index (κ2) is 3.44. The molecule has 3 nitrogen and oxygen atoms in total. The van der Waals surface area contributed by atoms with E-state index in [0.29, 0.717) is 12.3 Å². The molecule has 0 aromatic carbocycles. The quantitative estimate of drug-likeness (QED) is 0.719. The average molecular weight is 212 g/mol. The number of carbonyl (C=O) groups excluding carboxylic acids is 1. The Labute approximate surface area is 88.8 Å². The van der Waals surface area contributed by atoms with E-state index in [0.717, 1.165) is 13.0 Å². The topological polar surface area (TPSA) is 41.1 Å². The monoisotopic (exact) mass is 212 g/mol. The van der Waals surface area contributed by atoms with E-state index >= 15 is 0 Å². The zero-order chi connectivity index (χ0) is 10.4. The smallest absolute Gasteiger partial charge is 0.237 e. The van der Waals surface area contributed by atoms with E-state index in [1.165, 1.54) is 12.8 Å². The van der Waals surface area contributed by atoms with Crippen molar-refractivity contribution >= 4 is 5.91 Å². The lowest BCUT2D eigenvalue weighted by molar-refractivity contribution is -0.124. The van der Waals surface area contributed by atoms with Crippen molar-refractivity contribution in [2.24, 2.45) is 11.8 Å². The first-order valence-corrected chi connectivity index (χ1v) is 5.92. The molecule has 2 saturated carbocycles. The van der Waals surface area contributed by atoms with Crippen LogP contribution in [0.15, 0.2) is 0 Å². The molecule has 15 heavy (non-hydrogen) atoms.